The van der Waals surface area contributed by atoms with E-state index in [4.69, 9.17) is 15.2 Å². The number of hydrogen-bond donors (Lipinski definition) is 1. The van der Waals surface area contributed by atoms with E-state index >= 15 is 0 Å². The van der Waals surface area contributed by atoms with Crippen LogP contribution in [0.3, 0.4) is 0 Å². The number of nitrogens with two attached hydrogens (primary N) is 1. The molecule has 0 aromatic heterocycles. The number of benzene rings is 2. The van der Waals surface area contributed by atoms with Crippen LogP contribution >= 0.6 is 0 Å². The lowest BCUT2D eigenvalue weighted by atomic mass is 9.96. The number of hydrogen-bond acceptors (Lipinski definition) is 3. The number of para-hydroxylation sites is 1. The van der Waals surface area contributed by atoms with Gasteiger partial charge in [0.15, 0.2) is 0 Å². The van der Waals surface area contributed by atoms with Gasteiger partial charge in [0.2, 0.25) is 0 Å². The van der Waals surface area contributed by atoms with Crippen LogP contribution in [0, 0.1) is 0 Å². The van der Waals surface area contributed by atoms with Crippen LogP contribution in [-0.2, 0) is 0 Å². The first-order valence-corrected chi connectivity index (χ1v) is 8.21. The Morgan fingerprint density at radius 2 is 1.83 bits per heavy atom. The SMILES string of the molecule is COc1cccc(C(CN)CCOc2ccccc2C(C)C)c1. The zero-order valence-electron chi connectivity index (χ0n) is 14.3. The third-order valence-corrected chi connectivity index (χ3v) is 4.11. The zero-order chi connectivity index (χ0) is 16.7. The maximum absolute atomic E-state index is 6.02. The molecule has 3 nitrogen and oxygen atoms in total. The third-order valence-electron chi connectivity index (χ3n) is 4.11. The highest BCUT2D eigenvalue weighted by molar-refractivity contribution is 5.35. The smallest absolute Gasteiger partial charge is 0.122 e. The molecule has 0 radical (unpaired) electrons. The Balaban J connectivity index is 1.99. The van der Waals surface area contributed by atoms with E-state index < -0.39 is 0 Å². The van der Waals surface area contributed by atoms with Gasteiger partial charge in [-0.25, -0.2) is 0 Å². The predicted molar refractivity (Wildman–Crippen MR) is 95.4 cm³/mol. The number of rotatable bonds is 8. The zero-order valence-corrected chi connectivity index (χ0v) is 14.3. The van der Waals surface area contributed by atoms with E-state index in [9.17, 15) is 0 Å². The largest absolute Gasteiger partial charge is 0.497 e. The van der Waals surface area contributed by atoms with Crippen molar-refractivity contribution in [1.29, 1.82) is 0 Å². The lowest BCUT2D eigenvalue weighted by Crippen LogP contribution is -2.16. The second-order valence-electron chi connectivity index (χ2n) is 6.04. The molecule has 0 amide bonds. The van der Waals surface area contributed by atoms with Crippen molar-refractivity contribution < 1.29 is 9.47 Å². The van der Waals surface area contributed by atoms with Gasteiger partial charge >= 0.3 is 0 Å². The van der Waals surface area contributed by atoms with Crippen LogP contribution < -0.4 is 15.2 Å². The van der Waals surface area contributed by atoms with Crippen molar-refractivity contribution in [2.24, 2.45) is 5.73 Å². The van der Waals surface area contributed by atoms with E-state index in [0.717, 1.165) is 17.9 Å². The second kappa shape index (κ2) is 8.59. The summed E-state index contributed by atoms with van der Waals surface area (Å²) in [6, 6.07) is 16.4. The topological polar surface area (TPSA) is 44.5 Å². The van der Waals surface area contributed by atoms with Gasteiger partial charge in [0.25, 0.3) is 0 Å². The van der Waals surface area contributed by atoms with Crippen molar-refractivity contribution in [2.45, 2.75) is 32.1 Å². The Labute approximate surface area is 139 Å². The molecule has 23 heavy (non-hydrogen) atoms. The van der Waals surface area contributed by atoms with Crippen LogP contribution in [0.25, 0.3) is 0 Å². The molecule has 3 heteroatoms. The van der Waals surface area contributed by atoms with Crippen LogP contribution in [0.5, 0.6) is 11.5 Å². The van der Waals surface area contributed by atoms with E-state index in [1.54, 1.807) is 7.11 Å². The first-order valence-electron chi connectivity index (χ1n) is 8.21. The van der Waals surface area contributed by atoms with Gasteiger partial charge in [-0.3, -0.25) is 0 Å². The van der Waals surface area contributed by atoms with Gasteiger partial charge in [-0.1, -0.05) is 44.2 Å². The number of ether oxygens (including phenoxy) is 2. The van der Waals surface area contributed by atoms with Gasteiger partial charge < -0.3 is 15.2 Å². The normalized spacial score (nSPS) is 12.2. The molecule has 124 valence electrons. The molecule has 1 unspecified atom stereocenters. The van der Waals surface area contributed by atoms with Crippen molar-refractivity contribution in [1.82, 2.24) is 0 Å². The third kappa shape index (κ3) is 4.73. The van der Waals surface area contributed by atoms with Gasteiger partial charge in [0.1, 0.15) is 11.5 Å². The monoisotopic (exact) mass is 313 g/mol. The molecule has 0 heterocycles. The van der Waals surface area contributed by atoms with Gasteiger partial charge in [-0.15, -0.1) is 0 Å². The molecule has 2 rings (SSSR count). The molecular formula is C20H27NO2. The molecular weight excluding hydrogens is 286 g/mol. The summed E-state index contributed by atoms with van der Waals surface area (Å²) >= 11 is 0. The summed E-state index contributed by atoms with van der Waals surface area (Å²) < 4.78 is 11.3. The molecule has 0 spiro atoms. The predicted octanol–water partition coefficient (Wildman–Crippen LogP) is 4.33. The Morgan fingerprint density at radius 1 is 1.04 bits per heavy atom. The summed E-state index contributed by atoms with van der Waals surface area (Å²) in [6.45, 7) is 5.62. The molecule has 0 bridgehead atoms. The minimum atomic E-state index is 0.274. The Morgan fingerprint density at radius 3 is 2.52 bits per heavy atom. The van der Waals surface area contributed by atoms with Gasteiger partial charge in [-0.2, -0.15) is 0 Å². The highest BCUT2D eigenvalue weighted by Crippen LogP contribution is 2.27. The van der Waals surface area contributed by atoms with Crippen LogP contribution in [0.1, 0.15) is 43.2 Å². The molecule has 2 N–H and O–H groups in total. The van der Waals surface area contributed by atoms with Gasteiger partial charge in [0, 0.05) is 0 Å². The highest BCUT2D eigenvalue weighted by Gasteiger charge is 2.12. The molecule has 0 fully saturated rings. The minimum absolute atomic E-state index is 0.274. The van der Waals surface area contributed by atoms with Gasteiger partial charge in [0.05, 0.1) is 13.7 Å². The van der Waals surface area contributed by atoms with Crippen LogP contribution in [0.2, 0.25) is 0 Å². The van der Waals surface area contributed by atoms with E-state index in [-0.39, 0.29) is 5.92 Å². The summed E-state index contributed by atoms with van der Waals surface area (Å²) in [4.78, 5) is 0. The molecule has 0 aliphatic heterocycles. The molecule has 0 aliphatic carbocycles. The molecule has 0 saturated heterocycles. The van der Waals surface area contributed by atoms with Crippen LogP contribution in [0.15, 0.2) is 48.5 Å². The maximum Gasteiger partial charge on any atom is 0.122 e. The minimum Gasteiger partial charge on any atom is -0.497 e. The lowest BCUT2D eigenvalue weighted by Gasteiger charge is -2.18. The fourth-order valence-corrected chi connectivity index (χ4v) is 2.72. The summed E-state index contributed by atoms with van der Waals surface area (Å²) in [5.41, 5.74) is 8.41. The van der Waals surface area contributed by atoms with E-state index in [2.05, 4.69) is 38.1 Å². The fourth-order valence-electron chi connectivity index (χ4n) is 2.72. The maximum atomic E-state index is 6.02. The van der Waals surface area contributed by atoms with E-state index in [1.165, 1.54) is 11.1 Å². The molecule has 1 atom stereocenters. The Hall–Kier alpha value is -2.00. The highest BCUT2D eigenvalue weighted by atomic mass is 16.5. The summed E-state index contributed by atoms with van der Waals surface area (Å²) in [5, 5.41) is 0. The molecule has 2 aromatic rings. The van der Waals surface area contributed by atoms with Crippen molar-refractivity contribution in [3.05, 3.63) is 59.7 Å². The van der Waals surface area contributed by atoms with Crippen molar-refractivity contribution in [3.8, 4) is 11.5 Å². The van der Waals surface area contributed by atoms with Crippen LogP contribution in [-0.4, -0.2) is 20.3 Å². The van der Waals surface area contributed by atoms with Crippen molar-refractivity contribution in [2.75, 3.05) is 20.3 Å². The first kappa shape index (κ1) is 17.4. The van der Waals surface area contributed by atoms with E-state index in [1.807, 2.05) is 24.3 Å². The van der Waals surface area contributed by atoms with Crippen molar-refractivity contribution >= 4 is 0 Å². The molecule has 0 saturated carbocycles. The fraction of sp³-hybridized carbons (Fsp3) is 0.400. The van der Waals surface area contributed by atoms with Gasteiger partial charge in [-0.05, 0) is 54.1 Å². The van der Waals surface area contributed by atoms with Crippen LogP contribution in [0.4, 0.5) is 0 Å². The first-order chi connectivity index (χ1) is 11.2. The molecule has 2 aromatic carbocycles. The lowest BCUT2D eigenvalue weighted by molar-refractivity contribution is 0.294. The van der Waals surface area contributed by atoms with Crippen molar-refractivity contribution in [3.63, 3.8) is 0 Å². The Kier molecular flexibility index (Phi) is 6.48. The standard InChI is InChI=1S/C20H27NO2/c1-15(2)19-9-4-5-10-20(19)23-12-11-17(14-21)16-7-6-8-18(13-16)22-3/h4-10,13,15,17H,11-12,14,21H2,1-3H3. The summed E-state index contributed by atoms with van der Waals surface area (Å²) in [7, 11) is 1.68. The Bertz CT molecular complexity index is 610. The average molecular weight is 313 g/mol. The second-order valence-corrected chi connectivity index (χ2v) is 6.04. The quantitative estimate of drug-likeness (QED) is 0.789. The number of methoxy groups -OCH3 is 1. The average Bonchev–Trinajstić information content (AvgIpc) is 2.59. The summed E-state index contributed by atoms with van der Waals surface area (Å²) in [6.07, 6.45) is 0.885. The summed E-state index contributed by atoms with van der Waals surface area (Å²) in [5.74, 6) is 2.57. The molecule has 0 aliphatic rings. The van der Waals surface area contributed by atoms with E-state index in [0.29, 0.717) is 19.1 Å².